The molecule has 0 saturated carbocycles. The van der Waals surface area contributed by atoms with Gasteiger partial charge in [0.2, 0.25) is 5.91 Å². The van der Waals surface area contributed by atoms with Crippen LogP contribution in [0.15, 0.2) is 24.3 Å². The molecular formula is C16H18ClN3O3. The van der Waals surface area contributed by atoms with Crippen LogP contribution in [-0.4, -0.2) is 53.3 Å². The summed E-state index contributed by atoms with van der Waals surface area (Å²) in [5.74, 6) is -0.521. The van der Waals surface area contributed by atoms with Gasteiger partial charge in [0.1, 0.15) is 12.6 Å². The van der Waals surface area contributed by atoms with Crippen LogP contribution in [0.3, 0.4) is 0 Å². The fraction of sp³-hybridized carbons (Fsp3) is 0.438. The molecule has 2 heterocycles. The van der Waals surface area contributed by atoms with Gasteiger partial charge in [-0.3, -0.25) is 19.4 Å². The Bertz CT molecular complexity index is 640. The number of amides is 4. The molecule has 0 spiro atoms. The topological polar surface area (TPSA) is 60.9 Å². The summed E-state index contributed by atoms with van der Waals surface area (Å²) in [7, 11) is 0. The SMILES string of the molecule is C[C@H]1C(=O)N(CC(=O)N2CCCC2)C(=O)N1c1ccc(Cl)cc1. The van der Waals surface area contributed by atoms with Crippen LogP contribution >= 0.6 is 11.6 Å². The summed E-state index contributed by atoms with van der Waals surface area (Å²) in [4.78, 5) is 41.3. The summed E-state index contributed by atoms with van der Waals surface area (Å²) in [5, 5.41) is 0.556. The van der Waals surface area contributed by atoms with Crippen LogP contribution in [0.2, 0.25) is 5.02 Å². The smallest absolute Gasteiger partial charge is 0.332 e. The summed E-state index contributed by atoms with van der Waals surface area (Å²) in [5.41, 5.74) is 0.594. The highest BCUT2D eigenvalue weighted by molar-refractivity contribution is 6.30. The quantitative estimate of drug-likeness (QED) is 0.795. The Balaban J connectivity index is 1.77. The van der Waals surface area contributed by atoms with Gasteiger partial charge < -0.3 is 4.90 Å². The zero-order chi connectivity index (χ0) is 16.6. The maximum Gasteiger partial charge on any atom is 0.332 e. The molecule has 0 N–H and O–H groups in total. The Morgan fingerprint density at radius 2 is 1.78 bits per heavy atom. The van der Waals surface area contributed by atoms with Crippen LogP contribution in [-0.2, 0) is 9.59 Å². The third-order valence-electron chi connectivity index (χ3n) is 4.30. The largest absolute Gasteiger partial charge is 0.341 e. The second kappa shape index (κ2) is 6.20. The summed E-state index contributed by atoms with van der Waals surface area (Å²) < 4.78 is 0. The van der Waals surface area contributed by atoms with Gasteiger partial charge in [0.15, 0.2) is 0 Å². The third-order valence-corrected chi connectivity index (χ3v) is 4.56. The number of carbonyl (C=O) groups is 3. The number of carbonyl (C=O) groups excluding carboxylic acids is 3. The van der Waals surface area contributed by atoms with Gasteiger partial charge in [0.25, 0.3) is 5.91 Å². The monoisotopic (exact) mass is 335 g/mol. The van der Waals surface area contributed by atoms with Crippen molar-refractivity contribution in [3.63, 3.8) is 0 Å². The van der Waals surface area contributed by atoms with Gasteiger partial charge in [-0.1, -0.05) is 11.6 Å². The lowest BCUT2D eigenvalue weighted by molar-refractivity contribution is -0.136. The van der Waals surface area contributed by atoms with Gasteiger partial charge in [-0.15, -0.1) is 0 Å². The number of hydrogen-bond acceptors (Lipinski definition) is 3. The molecule has 2 saturated heterocycles. The second-order valence-corrected chi connectivity index (χ2v) is 6.25. The fourth-order valence-corrected chi connectivity index (χ4v) is 3.14. The van der Waals surface area contributed by atoms with Crippen molar-refractivity contribution in [2.75, 3.05) is 24.5 Å². The van der Waals surface area contributed by atoms with E-state index >= 15 is 0 Å². The molecule has 1 atom stereocenters. The third kappa shape index (κ3) is 2.91. The van der Waals surface area contributed by atoms with E-state index in [4.69, 9.17) is 11.6 Å². The molecule has 0 unspecified atom stereocenters. The van der Waals surface area contributed by atoms with Crippen molar-refractivity contribution in [2.45, 2.75) is 25.8 Å². The van der Waals surface area contributed by atoms with Gasteiger partial charge in [0.05, 0.1) is 0 Å². The number of benzene rings is 1. The number of anilines is 1. The van der Waals surface area contributed by atoms with Crippen LogP contribution in [0.1, 0.15) is 19.8 Å². The summed E-state index contributed by atoms with van der Waals surface area (Å²) in [6.07, 6.45) is 1.95. The molecule has 2 fully saturated rings. The first-order chi connectivity index (χ1) is 11.0. The molecule has 122 valence electrons. The van der Waals surface area contributed by atoms with Crippen molar-refractivity contribution >= 4 is 35.1 Å². The molecule has 2 aliphatic heterocycles. The van der Waals surface area contributed by atoms with E-state index in [9.17, 15) is 14.4 Å². The van der Waals surface area contributed by atoms with Crippen LogP contribution < -0.4 is 4.90 Å². The van der Waals surface area contributed by atoms with E-state index in [-0.39, 0.29) is 18.4 Å². The molecule has 7 heteroatoms. The zero-order valence-electron chi connectivity index (χ0n) is 12.9. The van der Waals surface area contributed by atoms with Gasteiger partial charge in [-0.25, -0.2) is 4.79 Å². The number of hydrogen-bond donors (Lipinski definition) is 0. The number of rotatable bonds is 3. The molecule has 0 bridgehead atoms. The molecule has 0 radical (unpaired) electrons. The van der Waals surface area contributed by atoms with E-state index in [1.807, 2.05) is 0 Å². The number of likely N-dealkylation sites (tertiary alicyclic amines) is 1. The maximum atomic E-state index is 12.6. The molecule has 0 aliphatic carbocycles. The fourth-order valence-electron chi connectivity index (χ4n) is 3.01. The minimum atomic E-state index is -0.630. The lowest BCUT2D eigenvalue weighted by atomic mass is 10.2. The van der Waals surface area contributed by atoms with E-state index in [1.165, 1.54) is 4.90 Å². The van der Waals surface area contributed by atoms with Crippen molar-refractivity contribution in [1.82, 2.24) is 9.80 Å². The molecule has 0 aromatic heterocycles. The highest BCUT2D eigenvalue weighted by Gasteiger charge is 2.44. The van der Waals surface area contributed by atoms with E-state index < -0.39 is 12.1 Å². The molecule has 3 rings (SSSR count). The van der Waals surface area contributed by atoms with Crippen molar-refractivity contribution in [2.24, 2.45) is 0 Å². The van der Waals surface area contributed by atoms with Crippen LogP contribution in [0.5, 0.6) is 0 Å². The highest BCUT2D eigenvalue weighted by atomic mass is 35.5. The Hall–Kier alpha value is -2.08. The van der Waals surface area contributed by atoms with Crippen molar-refractivity contribution < 1.29 is 14.4 Å². The van der Waals surface area contributed by atoms with E-state index in [0.717, 1.165) is 17.7 Å². The van der Waals surface area contributed by atoms with Gasteiger partial charge in [-0.2, -0.15) is 0 Å². The summed E-state index contributed by atoms with van der Waals surface area (Å²) in [6, 6.07) is 5.62. The molecule has 4 amide bonds. The molecular weight excluding hydrogens is 318 g/mol. The summed E-state index contributed by atoms with van der Waals surface area (Å²) >= 11 is 5.86. The van der Waals surface area contributed by atoms with Gasteiger partial charge in [-0.05, 0) is 44.0 Å². The standard InChI is InChI=1S/C16H18ClN3O3/c1-11-15(22)19(10-14(21)18-8-2-3-9-18)16(23)20(11)13-6-4-12(17)5-7-13/h4-7,11H,2-3,8-10H2,1H3/t11-/m0/s1. The highest BCUT2D eigenvalue weighted by Crippen LogP contribution is 2.27. The molecule has 6 nitrogen and oxygen atoms in total. The zero-order valence-corrected chi connectivity index (χ0v) is 13.6. The minimum Gasteiger partial charge on any atom is -0.341 e. The Morgan fingerprint density at radius 1 is 1.17 bits per heavy atom. The van der Waals surface area contributed by atoms with Crippen molar-refractivity contribution in [1.29, 1.82) is 0 Å². The minimum absolute atomic E-state index is 0.172. The molecule has 23 heavy (non-hydrogen) atoms. The summed E-state index contributed by atoms with van der Waals surface area (Å²) in [6.45, 7) is 2.87. The molecule has 1 aromatic rings. The number of halogens is 1. The van der Waals surface area contributed by atoms with Crippen molar-refractivity contribution in [3.8, 4) is 0 Å². The normalized spacial score (nSPS) is 21.5. The number of nitrogens with zero attached hydrogens (tertiary/aromatic N) is 3. The lowest BCUT2D eigenvalue weighted by Crippen LogP contribution is -2.42. The lowest BCUT2D eigenvalue weighted by Gasteiger charge is -2.21. The van der Waals surface area contributed by atoms with Crippen LogP contribution in [0.4, 0.5) is 10.5 Å². The first-order valence-corrected chi connectivity index (χ1v) is 8.05. The predicted molar refractivity (Wildman–Crippen MR) is 86.3 cm³/mol. The number of imide groups is 1. The Labute approximate surface area is 139 Å². The molecule has 2 aliphatic rings. The Kier molecular flexibility index (Phi) is 4.26. The second-order valence-electron chi connectivity index (χ2n) is 5.82. The van der Waals surface area contributed by atoms with Crippen molar-refractivity contribution in [3.05, 3.63) is 29.3 Å². The molecule has 1 aromatic carbocycles. The van der Waals surface area contributed by atoms with Crippen LogP contribution in [0.25, 0.3) is 0 Å². The van der Waals surface area contributed by atoms with Gasteiger partial charge >= 0.3 is 6.03 Å². The average Bonchev–Trinajstić information content (AvgIpc) is 3.13. The predicted octanol–water partition coefficient (Wildman–Crippen LogP) is 2.12. The van der Waals surface area contributed by atoms with Crippen LogP contribution in [0, 0.1) is 0 Å². The first-order valence-electron chi connectivity index (χ1n) is 7.67. The first kappa shape index (κ1) is 15.8. The average molecular weight is 336 g/mol. The maximum absolute atomic E-state index is 12.6. The number of urea groups is 1. The van der Waals surface area contributed by atoms with E-state index in [0.29, 0.717) is 23.8 Å². The Morgan fingerprint density at radius 3 is 2.39 bits per heavy atom. The van der Waals surface area contributed by atoms with E-state index in [2.05, 4.69) is 0 Å². The van der Waals surface area contributed by atoms with Gasteiger partial charge in [0, 0.05) is 23.8 Å². The van der Waals surface area contributed by atoms with E-state index in [1.54, 1.807) is 36.1 Å².